The largest absolute Gasteiger partial charge is 0.493 e. The Kier molecular flexibility index (Phi) is 3.32. The highest BCUT2D eigenvalue weighted by atomic mass is 35.5. The Hall–Kier alpha value is -1.02. The van der Waals surface area contributed by atoms with Gasteiger partial charge in [-0.1, -0.05) is 23.2 Å². The molecule has 0 aromatic heterocycles. The van der Waals surface area contributed by atoms with Crippen LogP contribution in [0.1, 0.15) is 0 Å². The summed E-state index contributed by atoms with van der Waals surface area (Å²) in [5.74, 6) is 0.275. The molecule has 0 aliphatic carbocycles. The molecular weight excluding hydrogens is 213 g/mol. The van der Waals surface area contributed by atoms with E-state index in [0.29, 0.717) is 10.0 Å². The third-order valence-electron chi connectivity index (χ3n) is 1.40. The number of carbonyl (C=O) groups excluding carboxylic acids is 1. The normalized spacial score (nSPS) is 9.15. The Balaban J connectivity index is 3.42. The third-order valence-corrected chi connectivity index (χ3v) is 2.00. The molecule has 1 aromatic carbocycles. The molecule has 0 bridgehead atoms. The number of hydrogen-bond donors (Lipinski definition) is 0. The first-order chi connectivity index (χ1) is 6.20. The van der Waals surface area contributed by atoms with Crippen molar-refractivity contribution >= 4 is 35.0 Å². The molecule has 13 heavy (non-hydrogen) atoms. The van der Waals surface area contributed by atoms with Crippen molar-refractivity contribution in [3.05, 3.63) is 22.2 Å². The maximum absolute atomic E-state index is 10.1. The molecule has 0 amide bonds. The molecule has 0 aliphatic heterocycles. The average Bonchev–Trinajstić information content (AvgIpc) is 2.12. The first-order valence-corrected chi connectivity index (χ1v) is 4.06. The van der Waals surface area contributed by atoms with Crippen LogP contribution in [0.25, 0.3) is 0 Å². The summed E-state index contributed by atoms with van der Waals surface area (Å²) in [7, 11) is 1.42. The van der Waals surface area contributed by atoms with Crippen LogP contribution in [0.4, 0.5) is 5.69 Å². The fourth-order valence-corrected chi connectivity index (χ4v) is 1.29. The number of aliphatic imine (C=N–C) groups is 1. The first-order valence-electron chi connectivity index (χ1n) is 3.30. The highest BCUT2D eigenvalue weighted by Gasteiger charge is 2.10. The predicted octanol–water partition coefficient (Wildman–Crippen LogP) is 2.97. The lowest BCUT2D eigenvalue weighted by Crippen LogP contribution is -1.85. The van der Waals surface area contributed by atoms with Crippen LogP contribution < -0.4 is 4.74 Å². The summed E-state index contributed by atoms with van der Waals surface area (Å²) < 4.78 is 4.92. The second kappa shape index (κ2) is 4.28. The Bertz CT molecular complexity index is 373. The molecule has 0 N–H and O–H groups in total. The van der Waals surface area contributed by atoms with Crippen molar-refractivity contribution in [2.45, 2.75) is 0 Å². The lowest BCUT2D eigenvalue weighted by atomic mass is 10.3. The summed E-state index contributed by atoms with van der Waals surface area (Å²) in [6.45, 7) is 0. The number of hydrogen-bond acceptors (Lipinski definition) is 3. The minimum absolute atomic E-state index is 0.201. The molecule has 0 saturated carbocycles. The van der Waals surface area contributed by atoms with Gasteiger partial charge >= 0.3 is 0 Å². The number of benzene rings is 1. The van der Waals surface area contributed by atoms with Crippen LogP contribution in [-0.2, 0) is 4.79 Å². The van der Waals surface area contributed by atoms with Gasteiger partial charge < -0.3 is 4.74 Å². The molecule has 1 aromatic rings. The van der Waals surface area contributed by atoms with Crippen LogP contribution in [-0.4, -0.2) is 13.2 Å². The second-order valence-corrected chi connectivity index (χ2v) is 2.93. The van der Waals surface area contributed by atoms with Crippen molar-refractivity contribution in [3.8, 4) is 5.75 Å². The fraction of sp³-hybridized carbons (Fsp3) is 0.125. The molecule has 0 radical (unpaired) electrons. The van der Waals surface area contributed by atoms with Crippen LogP contribution >= 0.6 is 23.2 Å². The lowest BCUT2D eigenvalue weighted by Gasteiger charge is -2.06. The summed E-state index contributed by atoms with van der Waals surface area (Å²) in [5, 5.41) is 0.644. The van der Waals surface area contributed by atoms with Gasteiger partial charge in [0.1, 0.15) is 5.69 Å². The van der Waals surface area contributed by atoms with Gasteiger partial charge in [0, 0.05) is 0 Å². The maximum Gasteiger partial charge on any atom is 0.240 e. The standard InChI is InChI=1S/C8H5Cl2NO2/c1-13-8-6(10)3-2-5(9)7(8)11-4-12/h2-3H,1H3. The maximum atomic E-state index is 10.1. The minimum atomic E-state index is 0.201. The number of isocyanates is 1. The molecule has 3 nitrogen and oxygen atoms in total. The molecule has 0 heterocycles. The summed E-state index contributed by atoms with van der Waals surface area (Å²) in [6, 6.07) is 3.09. The molecule has 0 spiro atoms. The highest BCUT2D eigenvalue weighted by molar-refractivity contribution is 6.36. The van der Waals surface area contributed by atoms with E-state index in [1.54, 1.807) is 6.07 Å². The zero-order chi connectivity index (χ0) is 9.84. The summed E-state index contributed by atoms with van der Waals surface area (Å²) >= 11 is 11.5. The molecule has 0 saturated heterocycles. The monoisotopic (exact) mass is 217 g/mol. The molecule has 0 aliphatic rings. The van der Waals surface area contributed by atoms with E-state index in [1.165, 1.54) is 19.3 Å². The van der Waals surface area contributed by atoms with Gasteiger partial charge in [-0.15, -0.1) is 0 Å². The van der Waals surface area contributed by atoms with E-state index in [4.69, 9.17) is 27.9 Å². The number of methoxy groups -OCH3 is 1. The molecule has 5 heteroatoms. The number of halogens is 2. The lowest BCUT2D eigenvalue weighted by molar-refractivity contribution is 0.416. The molecule has 0 atom stereocenters. The zero-order valence-corrected chi connectivity index (χ0v) is 8.19. The Labute approximate surface area is 84.9 Å². The SMILES string of the molecule is COc1c(Cl)ccc(Cl)c1N=C=O. The Morgan fingerprint density at radius 2 is 2.00 bits per heavy atom. The van der Waals surface area contributed by atoms with E-state index in [-0.39, 0.29) is 11.4 Å². The molecular formula is C8H5Cl2NO2. The second-order valence-electron chi connectivity index (χ2n) is 2.11. The van der Waals surface area contributed by atoms with Gasteiger partial charge in [-0.3, -0.25) is 0 Å². The van der Waals surface area contributed by atoms with E-state index < -0.39 is 0 Å². The van der Waals surface area contributed by atoms with Crippen LogP contribution in [0.3, 0.4) is 0 Å². The van der Waals surface area contributed by atoms with Crippen molar-refractivity contribution in [3.63, 3.8) is 0 Å². The van der Waals surface area contributed by atoms with Crippen LogP contribution in [0, 0.1) is 0 Å². The summed E-state index contributed by atoms with van der Waals surface area (Å²) in [6.07, 6.45) is 1.38. The fourth-order valence-electron chi connectivity index (χ4n) is 0.867. The van der Waals surface area contributed by atoms with Crippen LogP contribution in [0.15, 0.2) is 17.1 Å². The van der Waals surface area contributed by atoms with Crippen molar-refractivity contribution in [2.75, 3.05) is 7.11 Å². The van der Waals surface area contributed by atoms with E-state index in [1.807, 2.05) is 0 Å². The molecule has 0 fully saturated rings. The Morgan fingerprint density at radius 1 is 1.38 bits per heavy atom. The molecule has 0 unspecified atom stereocenters. The van der Waals surface area contributed by atoms with Crippen molar-refractivity contribution in [1.29, 1.82) is 0 Å². The summed E-state index contributed by atoms with van der Waals surface area (Å²) in [5.41, 5.74) is 0.201. The third kappa shape index (κ3) is 2.01. The van der Waals surface area contributed by atoms with Crippen molar-refractivity contribution in [1.82, 2.24) is 0 Å². The quantitative estimate of drug-likeness (QED) is 0.565. The number of rotatable bonds is 2. The van der Waals surface area contributed by atoms with Crippen LogP contribution in [0.5, 0.6) is 5.75 Å². The van der Waals surface area contributed by atoms with Gasteiger partial charge in [-0.05, 0) is 12.1 Å². The molecule has 1 rings (SSSR count). The zero-order valence-electron chi connectivity index (χ0n) is 6.67. The van der Waals surface area contributed by atoms with Gasteiger partial charge in [-0.2, -0.15) is 4.99 Å². The van der Waals surface area contributed by atoms with Gasteiger partial charge in [0.2, 0.25) is 6.08 Å². The summed E-state index contributed by atoms with van der Waals surface area (Å²) in [4.78, 5) is 13.4. The van der Waals surface area contributed by atoms with E-state index in [0.717, 1.165) is 0 Å². The van der Waals surface area contributed by atoms with Gasteiger partial charge in [0.25, 0.3) is 0 Å². The van der Waals surface area contributed by atoms with Crippen LogP contribution in [0.2, 0.25) is 10.0 Å². The molecule has 68 valence electrons. The predicted molar refractivity (Wildman–Crippen MR) is 50.8 cm³/mol. The van der Waals surface area contributed by atoms with E-state index in [2.05, 4.69) is 4.99 Å². The smallest absolute Gasteiger partial charge is 0.240 e. The number of ether oxygens (including phenoxy) is 1. The first kappa shape index (κ1) is 10.1. The van der Waals surface area contributed by atoms with Gasteiger partial charge in [0.15, 0.2) is 5.75 Å². The minimum Gasteiger partial charge on any atom is -0.493 e. The van der Waals surface area contributed by atoms with Crippen molar-refractivity contribution in [2.24, 2.45) is 4.99 Å². The van der Waals surface area contributed by atoms with Gasteiger partial charge in [0.05, 0.1) is 17.2 Å². The topological polar surface area (TPSA) is 38.7 Å². The van der Waals surface area contributed by atoms with Gasteiger partial charge in [-0.25, -0.2) is 4.79 Å². The number of nitrogens with zero attached hydrogens (tertiary/aromatic N) is 1. The average molecular weight is 218 g/mol. The highest BCUT2D eigenvalue weighted by Crippen LogP contribution is 2.40. The van der Waals surface area contributed by atoms with Crippen molar-refractivity contribution < 1.29 is 9.53 Å². The van der Waals surface area contributed by atoms with E-state index >= 15 is 0 Å². The van der Waals surface area contributed by atoms with E-state index in [9.17, 15) is 4.79 Å². The Morgan fingerprint density at radius 3 is 2.54 bits per heavy atom.